The minimum absolute atomic E-state index is 0.0000850. The van der Waals surface area contributed by atoms with E-state index in [1.807, 2.05) is 24.3 Å². The van der Waals surface area contributed by atoms with Gasteiger partial charge in [-0.1, -0.05) is 0 Å². The Hall–Kier alpha value is -0.660. The number of amides is 1. The molecule has 2 rings (SSSR count). The number of carbonyl (C=O) groups is 1. The van der Waals surface area contributed by atoms with Crippen molar-refractivity contribution in [2.24, 2.45) is 0 Å². The number of carbonyl (C=O) groups excluding carboxylic acids is 1. The summed E-state index contributed by atoms with van der Waals surface area (Å²) in [6.45, 7) is 2.30. The van der Waals surface area contributed by atoms with Gasteiger partial charge in [0.25, 0.3) is 0 Å². The molecule has 0 aliphatic carbocycles. The molecule has 1 amide bonds. The molecule has 5 heteroatoms. The van der Waals surface area contributed by atoms with Crippen molar-refractivity contribution in [1.82, 2.24) is 5.32 Å². The molecule has 1 saturated heterocycles. The molecule has 17 heavy (non-hydrogen) atoms. The van der Waals surface area contributed by atoms with E-state index >= 15 is 0 Å². The van der Waals surface area contributed by atoms with Crippen LogP contribution in [0.1, 0.15) is 6.42 Å². The zero-order chi connectivity index (χ0) is 12.1. The highest BCUT2D eigenvalue weighted by atomic mass is 127. The van der Waals surface area contributed by atoms with Gasteiger partial charge in [-0.15, -0.1) is 0 Å². The Kier molecular flexibility index (Phi) is 4.75. The van der Waals surface area contributed by atoms with Crippen LogP contribution in [-0.2, 0) is 9.53 Å². The molecule has 2 N–H and O–H groups in total. The van der Waals surface area contributed by atoms with Crippen molar-refractivity contribution in [2.75, 3.05) is 25.0 Å². The largest absolute Gasteiger partial charge is 0.375 e. The maximum absolute atomic E-state index is 11.7. The second-order valence-corrected chi connectivity index (χ2v) is 5.20. The SMILES string of the molecule is O=C(CC1CNCCO1)Nc1ccc(I)cc1. The molecule has 1 aromatic carbocycles. The number of hydrogen-bond acceptors (Lipinski definition) is 3. The van der Waals surface area contributed by atoms with Gasteiger partial charge in [0.2, 0.25) is 5.91 Å². The fourth-order valence-electron chi connectivity index (χ4n) is 1.70. The Morgan fingerprint density at radius 1 is 1.47 bits per heavy atom. The number of ether oxygens (including phenoxy) is 1. The van der Waals surface area contributed by atoms with Gasteiger partial charge in [0.1, 0.15) is 0 Å². The van der Waals surface area contributed by atoms with Crippen LogP contribution in [0.5, 0.6) is 0 Å². The third-order valence-electron chi connectivity index (χ3n) is 2.55. The molecule has 0 bridgehead atoms. The van der Waals surface area contributed by atoms with Crippen LogP contribution >= 0.6 is 22.6 Å². The van der Waals surface area contributed by atoms with Gasteiger partial charge in [0.15, 0.2) is 0 Å². The van der Waals surface area contributed by atoms with E-state index in [2.05, 4.69) is 33.2 Å². The van der Waals surface area contributed by atoms with Crippen LogP contribution < -0.4 is 10.6 Å². The van der Waals surface area contributed by atoms with Gasteiger partial charge in [-0.3, -0.25) is 4.79 Å². The van der Waals surface area contributed by atoms with Crippen molar-refractivity contribution in [2.45, 2.75) is 12.5 Å². The Balaban J connectivity index is 1.82. The summed E-state index contributed by atoms with van der Waals surface area (Å²) in [5.74, 6) is -0.0000850. The quantitative estimate of drug-likeness (QED) is 0.818. The molecule has 1 unspecified atom stereocenters. The zero-order valence-electron chi connectivity index (χ0n) is 9.41. The van der Waals surface area contributed by atoms with E-state index in [0.29, 0.717) is 13.0 Å². The number of hydrogen-bond donors (Lipinski definition) is 2. The molecule has 1 aromatic rings. The maximum atomic E-state index is 11.7. The summed E-state index contributed by atoms with van der Waals surface area (Å²) in [5, 5.41) is 6.07. The third-order valence-corrected chi connectivity index (χ3v) is 3.26. The lowest BCUT2D eigenvalue weighted by Crippen LogP contribution is -2.40. The van der Waals surface area contributed by atoms with Crippen LogP contribution in [0, 0.1) is 3.57 Å². The highest BCUT2D eigenvalue weighted by Gasteiger charge is 2.17. The second kappa shape index (κ2) is 6.32. The van der Waals surface area contributed by atoms with Crippen molar-refractivity contribution in [1.29, 1.82) is 0 Å². The lowest BCUT2D eigenvalue weighted by atomic mass is 10.2. The predicted octanol–water partition coefficient (Wildman–Crippen LogP) is 1.61. The molecule has 0 spiro atoms. The molecule has 0 radical (unpaired) electrons. The van der Waals surface area contributed by atoms with E-state index in [1.54, 1.807) is 0 Å². The number of benzene rings is 1. The van der Waals surface area contributed by atoms with Crippen molar-refractivity contribution in [3.63, 3.8) is 0 Å². The first kappa shape index (κ1) is 12.8. The zero-order valence-corrected chi connectivity index (χ0v) is 11.6. The van der Waals surface area contributed by atoms with Crippen molar-refractivity contribution in [3.8, 4) is 0 Å². The van der Waals surface area contributed by atoms with Crippen LogP contribution in [0.15, 0.2) is 24.3 Å². The monoisotopic (exact) mass is 346 g/mol. The van der Waals surface area contributed by atoms with Crippen molar-refractivity contribution < 1.29 is 9.53 Å². The minimum Gasteiger partial charge on any atom is -0.375 e. The standard InChI is InChI=1S/C12H15IN2O2/c13-9-1-3-10(4-2-9)15-12(16)7-11-8-14-5-6-17-11/h1-4,11,14H,5-8H2,(H,15,16). The number of anilines is 1. The number of rotatable bonds is 3. The molecule has 4 nitrogen and oxygen atoms in total. The topological polar surface area (TPSA) is 50.4 Å². The number of halogens is 1. The molecule has 1 aliphatic rings. The van der Waals surface area contributed by atoms with E-state index in [4.69, 9.17) is 4.74 Å². The summed E-state index contributed by atoms with van der Waals surface area (Å²) in [5.41, 5.74) is 0.833. The fraction of sp³-hybridized carbons (Fsp3) is 0.417. The highest BCUT2D eigenvalue weighted by molar-refractivity contribution is 14.1. The molecule has 1 aliphatic heterocycles. The average Bonchev–Trinajstić information content (AvgIpc) is 2.33. The summed E-state index contributed by atoms with van der Waals surface area (Å²) >= 11 is 2.23. The van der Waals surface area contributed by atoms with Gasteiger partial charge in [-0.25, -0.2) is 0 Å². The Morgan fingerprint density at radius 3 is 2.88 bits per heavy atom. The van der Waals surface area contributed by atoms with Crippen LogP contribution in [-0.4, -0.2) is 31.7 Å². The van der Waals surface area contributed by atoms with Crippen molar-refractivity contribution >= 4 is 34.2 Å². The third kappa shape index (κ3) is 4.25. The second-order valence-electron chi connectivity index (χ2n) is 3.96. The smallest absolute Gasteiger partial charge is 0.227 e. The molecular formula is C12H15IN2O2. The number of morpholine rings is 1. The van der Waals surface area contributed by atoms with Gasteiger partial charge >= 0.3 is 0 Å². The van der Waals surface area contributed by atoms with Gasteiger partial charge in [0, 0.05) is 22.3 Å². The van der Waals surface area contributed by atoms with Crippen LogP contribution in [0.3, 0.4) is 0 Å². The average molecular weight is 346 g/mol. The minimum atomic E-state index is -0.00685. The molecule has 1 fully saturated rings. The van der Waals surface area contributed by atoms with Crippen LogP contribution in [0.4, 0.5) is 5.69 Å². The lowest BCUT2D eigenvalue weighted by Gasteiger charge is -2.23. The first-order valence-corrected chi connectivity index (χ1v) is 6.69. The van der Waals surface area contributed by atoms with Crippen molar-refractivity contribution in [3.05, 3.63) is 27.8 Å². The maximum Gasteiger partial charge on any atom is 0.227 e. The van der Waals surface area contributed by atoms with E-state index < -0.39 is 0 Å². The summed E-state index contributed by atoms with van der Waals surface area (Å²) in [6.07, 6.45) is 0.395. The molecule has 0 aromatic heterocycles. The van der Waals surface area contributed by atoms with Gasteiger partial charge in [-0.2, -0.15) is 0 Å². The van der Waals surface area contributed by atoms with E-state index in [-0.39, 0.29) is 12.0 Å². The highest BCUT2D eigenvalue weighted by Crippen LogP contribution is 2.12. The first-order valence-electron chi connectivity index (χ1n) is 5.62. The Morgan fingerprint density at radius 2 is 2.24 bits per heavy atom. The summed E-state index contributed by atoms with van der Waals surface area (Å²) < 4.78 is 6.63. The fourth-order valence-corrected chi connectivity index (χ4v) is 2.06. The summed E-state index contributed by atoms with van der Waals surface area (Å²) in [6, 6.07) is 7.74. The predicted molar refractivity (Wildman–Crippen MR) is 75.0 cm³/mol. The number of nitrogens with one attached hydrogen (secondary N) is 2. The van der Waals surface area contributed by atoms with E-state index in [0.717, 1.165) is 22.3 Å². The van der Waals surface area contributed by atoms with Gasteiger partial charge in [-0.05, 0) is 46.9 Å². The molecule has 1 heterocycles. The van der Waals surface area contributed by atoms with Crippen LogP contribution in [0.2, 0.25) is 0 Å². The molecule has 0 saturated carbocycles. The normalized spacial score (nSPS) is 19.9. The van der Waals surface area contributed by atoms with E-state index in [1.165, 1.54) is 0 Å². The summed E-state index contributed by atoms with van der Waals surface area (Å²) in [7, 11) is 0. The van der Waals surface area contributed by atoms with E-state index in [9.17, 15) is 4.79 Å². The van der Waals surface area contributed by atoms with Crippen LogP contribution in [0.25, 0.3) is 0 Å². The first-order chi connectivity index (χ1) is 8.24. The van der Waals surface area contributed by atoms with Gasteiger partial charge in [0.05, 0.1) is 19.1 Å². The molecular weight excluding hydrogens is 331 g/mol. The lowest BCUT2D eigenvalue weighted by molar-refractivity contribution is -0.119. The summed E-state index contributed by atoms with van der Waals surface area (Å²) in [4.78, 5) is 11.7. The molecule has 92 valence electrons. The Labute approximate surface area is 114 Å². The Bertz CT molecular complexity index is 375. The van der Waals surface area contributed by atoms with Gasteiger partial charge < -0.3 is 15.4 Å². The molecule has 1 atom stereocenters.